The minimum atomic E-state index is 0.0322. The topological polar surface area (TPSA) is 73.1 Å². The Balaban J connectivity index is 1.36. The van der Waals surface area contributed by atoms with Crippen LogP contribution in [0.1, 0.15) is 18.4 Å². The largest absolute Gasteiger partial charge is 0.489 e. The number of amides is 1. The van der Waals surface area contributed by atoms with E-state index in [9.17, 15) is 4.79 Å². The molecule has 1 fully saturated rings. The number of aromatic nitrogens is 4. The predicted molar refractivity (Wildman–Crippen MR) is 105 cm³/mol. The second-order valence-corrected chi connectivity index (χ2v) is 7.04. The number of likely N-dealkylation sites (tertiary alicyclic amines) is 1. The van der Waals surface area contributed by atoms with Crippen LogP contribution in [-0.4, -0.2) is 44.1 Å². The maximum Gasteiger partial charge on any atom is 0.246 e. The van der Waals surface area contributed by atoms with Gasteiger partial charge in [-0.2, -0.15) is 4.80 Å². The Kier molecular flexibility index (Phi) is 5.53. The molecule has 1 aromatic heterocycles. The van der Waals surface area contributed by atoms with Gasteiger partial charge in [-0.15, -0.1) is 10.2 Å². The third-order valence-corrected chi connectivity index (χ3v) is 5.02. The van der Waals surface area contributed by atoms with Crippen LogP contribution < -0.4 is 4.74 Å². The van der Waals surface area contributed by atoms with Gasteiger partial charge in [0, 0.05) is 29.2 Å². The maximum absolute atomic E-state index is 12.2. The molecule has 1 saturated heterocycles. The van der Waals surface area contributed by atoms with Gasteiger partial charge >= 0.3 is 0 Å². The number of carbonyl (C=O) groups excluding carboxylic acids is 1. The molecule has 0 atom stereocenters. The van der Waals surface area contributed by atoms with Crippen LogP contribution in [0.2, 0.25) is 5.02 Å². The van der Waals surface area contributed by atoms with Gasteiger partial charge in [0.25, 0.3) is 0 Å². The maximum atomic E-state index is 12.2. The fourth-order valence-electron chi connectivity index (χ4n) is 3.09. The number of benzene rings is 2. The van der Waals surface area contributed by atoms with E-state index in [1.54, 1.807) is 0 Å². The van der Waals surface area contributed by atoms with Gasteiger partial charge < -0.3 is 9.64 Å². The molecular formula is C20H20ClN5O2. The molecule has 0 aliphatic carbocycles. The molecule has 0 spiro atoms. The Bertz CT molecular complexity index is 951. The Morgan fingerprint density at radius 3 is 2.57 bits per heavy atom. The van der Waals surface area contributed by atoms with Crippen molar-refractivity contribution in [2.24, 2.45) is 0 Å². The minimum absolute atomic E-state index is 0.0322. The van der Waals surface area contributed by atoms with Crippen LogP contribution in [0.5, 0.6) is 5.75 Å². The zero-order valence-electron chi connectivity index (χ0n) is 15.3. The molecule has 28 heavy (non-hydrogen) atoms. The van der Waals surface area contributed by atoms with Crippen LogP contribution in [0.4, 0.5) is 0 Å². The van der Waals surface area contributed by atoms with E-state index < -0.39 is 0 Å². The SMILES string of the molecule is O=C(Cn1nnc(-c2ccc(OCc3ccccc3Cl)cc2)n1)N1CCCC1. The number of tetrazole rings is 1. The molecule has 2 heterocycles. The van der Waals surface area contributed by atoms with Crippen molar-refractivity contribution in [2.45, 2.75) is 26.0 Å². The number of nitrogens with zero attached hydrogens (tertiary/aromatic N) is 5. The first kappa shape index (κ1) is 18.4. The third kappa shape index (κ3) is 4.31. The van der Waals surface area contributed by atoms with Gasteiger partial charge in [0.15, 0.2) is 0 Å². The van der Waals surface area contributed by atoms with E-state index in [0.717, 1.165) is 42.8 Å². The summed E-state index contributed by atoms with van der Waals surface area (Å²) < 4.78 is 5.78. The van der Waals surface area contributed by atoms with Crippen LogP contribution in [0, 0.1) is 0 Å². The molecule has 4 rings (SSSR count). The first-order valence-corrected chi connectivity index (χ1v) is 9.59. The molecule has 7 nitrogen and oxygen atoms in total. The predicted octanol–water partition coefficient (Wildman–Crippen LogP) is 3.19. The highest BCUT2D eigenvalue weighted by molar-refractivity contribution is 6.31. The summed E-state index contributed by atoms with van der Waals surface area (Å²) in [7, 11) is 0. The van der Waals surface area contributed by atoms with Crippen LogP contribution >= 0.6 is 11.6 Å². The van der Waals surface area contributed by atoms with Gasteiger partial charge in [0.05, 0.1) is 0 Å². The zero-order valence-corrected chi connectivity index (χ0v) is 16.0. The zero-order chi connectivity index (χ0) is 19.3. The molecule has 144 valence electrons. The lowest BCUT2D eigenvalue weighted by molar-refractivity contribution is -0.131. The second kappa shape index (κ2) is 8.39. The van der Waals surface area contributed by atoms with E-state index in [2.05, 4.69) is 15.4 Å². The molecule has 2 aromatic carbocycles. The lowest BCUT2D eigenvalue weighted by Crippen LogP contribution is -2.31. The summed E-state index contributed by atoms with van der Waals surface area (Å²) in [6, 6.07) is 15.0. The molecule has 1 amide bonds. The molecule has 1 aliphatic heterocycles. The number of hydrogen-bond acceptors (Lipinski definition) is 5. The number of halogens is 1. The van der Waals surface area contributed by atoms with E-state index >= 15 is 0 Å². The minimum Gasteiger partial charge on any atom is -0.489 e. The van der Waals surface area contributed by atoms with E-state index in [4.69, 9.17) is 16.3 Å². The average Bonchev–Trinajstić information content (AvgIpc) is 3.40. The van der Waals surface area contributed by atoms with Gasteiger partial charge in [-0.05, 0) is 48.4 Å². The highest BCUT2D eigenvalue weighted by Crippen LogP contribution is 2.21. The van der Waals surface area contributed by atoms with Crippen molar-refractivity contribution in [1.82, 2.24) is 25.1 Å². The van der Waals surface area contributed by atoms with Crippen LogP contribution in [0.3, 0.4) is 0 Å². The quantitative estimate of drug-likeness (QED) is 0.638. The number of hydrogen-bond donors (Lipinski definition) is 0. The lowest BCUT2D eigenvalue weighted by atomic mass is 10.2. The smallest absolute Gasteiger partial charge is 0.246 e. The van der Waals surface area contributed by atoms with Crippen LogP contribution in [0.15, 0.2) is 48.5 Å². The van der Waals surface area contributed by atoms with Crippen LogP contribution in [-0.2, 0) is 17.9 Å². The summed E-state index contributed by atoms with van der Waals surface area (Å²) in [5, 5.41) is 13.0. The number of carbonyl (C=O) groups is 1. The fraction of sp³-hybridized carbons (Fsp3) is 0.300. The fourth-order valence-corrected chi connectivity index (χ4v) is 3.28. The Labute approximate surface area is 167 Å². The van der Waals surface area contributed by atoms with E-state index in [1.165, 1.54) is 4.80 Å². The van der Waals surface area contributed by atoms with Crippen molar-refractivity contribution in [3.63, 3.8) is 0 Å². The summed E-state index contributed by atoms with van der Waals surface area (Å²) >= 11 is 6.14. The molecule has 0 bridgehead atoms. The van der Waals surface area contributed by atoms with Crippen molar-refractivity contribution >= 4 is 17.5 Å². The normalized spacial score (nSPS) is 13.7. The van der Waals surface area contributed by atoms with Gasteiger partial charge in [-0.25, -0.2) is 0 Å². The van der Waals surface area contributed by atoms with E-state index in [-0.39, 0.29) is 12.5 Å². The molecule has 3 aromatic rings. The Hall–Kier alpha value is -2.93. The molecule has 1 aliphatic rings. The monoisotopic (exact) mass is 397 g/mol. The van der Waals surface area contributed by atoms with Crippen molar-refractivity contribution in [1.29, 1.82) is 0 Å². The average molecular weight is 398 g/mol. The highest BCUT2D eigenvalue weighted by atomic mass is 35.5. The molecule has 8 heteroatoms. The third-order valence-electron chi connectivity index (χ3n) is 4.65. The van der Waals surface area contributed by atoms with E-state index in [0.29, 0.717) is 17.5 Å². The number of ether oxygens (including phenoxy) is 1. The Morgan fingerprint density at radius 1 is 1.07 bits per heavy atom. The first-order chi connectivity index (χ1) is 13.7. The summed E-state index contributed by atoms with van der Waals surface area (Å²) in [6.07, 6.45) is 2.12. The molecule has 0 radical (unpaired) electrons. The van der Waals surface area contributed by atoms with Crippen molar-refractivity contribution in [2.75, 3.05) is 13.1 Å². The summed E-state index contributed by atoms with van der Waals surface area (Å²) in [5.41, 5.74) is 1.74. The van der Waals surface area contributed by atoms with Gasteiger partial charge in [0.2, 0.25) is 11.7 Å². The number of rotatable bonds is 6. The second-order valence-electron chi connectivity index (χ2n) is 6.64. The standard InChI is InChI=1S/C20H20ClN5O2/c21-18-6-2-1-5-16(18)14-28-17-9-7-15(8-10-17)20-22-24-26(23-20)13-19(27)25-11-3-4-12-25/h1-2,5-10H,3-4,11-14H2. The molecular weight excluding hydrogens is 378 g/mol. The molecule has 0 N–H and O–H groups in total. The lowest BCUT2D eigenvalue weighted by Gasteiger charge is -2.13. The molecule has 0 unspecified atom stereocenters. The van der Waals surface area contributed by atoms with Gasteiger partial charge in [0.1, 0.15) is 18.9 Å². The van der Waals surface area contributed by atoms with Gasteiger partial charge in [-0.1, -0.05) is 29.8 Å². The van der Waals surface area contributed by atoms with Crippen molar-refractivity contribution in [3.8, 4) is 17.1 Å². The summed E-state index contributed by atoms with van der Waals surface area (Å²) in [5.74, 6) is 1.23. The van der Waals surface area contributed by atoms with Crippen LogP contribution in [0.25, 0.3) is 11.4 Å². The molecule has 0 saturated carbocycles. The van der Waals surface area contributed by atoms with E-state index in [1.807, 2.05) is 53.4 Å². The highest BCUT2D eigenvalue weighted by Gasteiger charge is 2.19. The van der Waals surface area contributed by atoms with Crippen molar-refractivity contribution < 1.29 is 9.53 Å². The Morgan fingerprint density at radius 2 is 1.82 bits per heavy atom. The van der Waals surface area contributed by atoms with Gasteiger partial charge in [-0.3, -0.25) is 4.79 Å². The summed E-state index contributed by atoms with van der Waals surface area (Å²) in [4.78, 5) is 15.4. The summed E-state index contributed by atoms with van der Waals surface area (Å²) in [6.45, 7) is 2.14. The first-order valence-electron chi connectivity index (χ1n) is 9.21. The van der Waals surface area contributed by atoms with Crippen molar-refractivity contribution in [3.05, 3.63) is 59.1 Å².